The Kier molecular flexibility index (Phi) is 7.81. The smallest absolute Gasteiger partial charge is 0.138 e. The van der Waals surface area contributed by atoms with Gasteiger partial charge in [0.1, 0.15) is 12.3 Å². The van der Waals surface area contributed by atoms with Crippen LogP contribution >= 0.6 is 11.8 Å². The molecule has 0 aromatic heterocycles. The number of thioether (sulfide) groups is 1. The fourth-order valence-electron chi connectivity index (χ4n) is 2.82. The van der Waals surface area contributed by atoms with Crippen molar-refractivity contribution < 1.29 is 14.3 Å². The average Bonchev–Trinajstić information content (AvgIpc) is 2.65. The lowest BCUT2D eigenvalue weighted by molar-refractivity contribution is 0.00901. The van der Waals surface area contributed by atoms with Crippen LogP contribution in [0.3, 0.4) is 0 Å². The highest BCUT2D eigenvalue weighted by Gasteiger charge is 2.35. The maximum Gasteiger partial charge on any atom is 0.138 e. The summed E-state index contributed by atoms with van der Waals surface area (Å²) in [4.78, 5) is 9.17. The third-order valence-corrected chi connectivity index (χ3v) is 5.05. The number of hydrogen-bond acceptors (Lipinski definition) is 6. The molecule has 2 rings (SSSR count). The van der Waals surface area contributed by atoms with E-state index < -0.39 is 0 Å². The van der Waals surface area contributed by atoms with Gasteiger partial charge < -0.3 is 14.3 Å². The zero-order valence-corrected chi connectivity index (χ0v) is 16.3. The predicted octanol–water partition coefficient (Wildman–Crippen LogP) is 3.40. The highest BCUT2D eigenvalue weighted by atomic mass is 32.2. The summed E-state index contributed by atoms with van der Waals surface area (Å²) in [5, 5.41) is 4.49. The molecule has 138 valence electrons. The second kappa shape index (κ2) is 9.85. The summed E-state index contributed by atoms with van der Waals surface area (Å²) in [5.41, 5.74) is 1.74. The predicted molar refractivity (Wildman–Crippen MR) is 103 cm³/mol. The monoisotopic (exact) mass is 364 g/mol. The van der Waals surface area contributed by atoms with E-state index in [0.29, 0.717) is 6.61 Å². The first-order valence-electron chi connectivity index (χ1n) is 8.45. The fourth-order valence-corrected chi connectivity index (χ4v) is 3.23. The number of rotatable bonds is 8. The molecule has 0 saturated carbocycles. The van der Waals surface area contributed by atoms with Crippen LogP contribution in [0.25, 0.3) is 0 Å². The second-order valence-corrected chi connectivity index (χ2v) is 7.11. The minimum atomic E-state index is -0.254. The Balaban J connectivity index is 2.25. The number of nitrogens with zero attached hydrogens (tertiary/aromatic N) is 2. The Morgan fingerprint density at radius 2 is 1.96 bits per heavy atom. The summed E-state index contributed by atoms with van der Waals surface area (Å²) in [5.74, 6) is 0. The van der Waals surface area contributed by atoms with Crippen molar-refractivity contribution in [2.24, 2.45) is 5.16 Å². The third-order valence-electron chi connectivity index (χ3n) is 4.30. The molecule has 0 atom stereocenters. The van der Waals surface area contributed by atoms with Crippen molar-refractivity contribution in [3.8, 4) is 0 Å². The number of morpholine rings is 1. The van der Waals surface area contributed by atoms with Crippen molar-refractivity contribution in [3.63, 3.8) is 0 Å². The number of hydrogen-bond donors (Lipinski definition) is 0. The third kappa shape index (κ3) is 5.49. The highest BCUT2D eigenvalue weighted by molar-refractivity contribution is 7.98. The molecule has 0 radical (unpaired) electrons. The van der Waals surface area contributed by atoms with Crippen LogP contribution in [0.2, 0.25) is 0 Å². The summed E-state index contributed by atoms with van der Waals surface area (Å²) in [7, 11) is 1.61. The Labute approximate surface area is 155 Å². The van der Waals surface area contributed by atoms with Gasteiger partial charge in [0.2, 0.25) is 0 Å². The molecule has 1 aliphatic heterocycles. The van der Waals surface area contributed by atoms with E-state index in [1.165, 1.54) is 4.90 Å². The van der Waals surface area contributed by atoms with E-state index in [1.54, 1.807) is 31.2 Å². The van der Waals surface area contributed by atoms with Crippen molar-refractivity contribution in [3.05, 3.63) is 42.2 Å². The molecule has 0 unspecified atom stereocenters. The van der Waals surface area contributed by atoms with E-state index in [9.17, 15) is 0 Å². The standard InChI is InChI=1S/C19H28N2O3S/c1-19(2,21-10-14-23-15-11-21)18(20-24-13-5-12-22-3)16-6-8-17(25-4)9-7-16/h5-9,12H,10-11,13-15H2,1-4H3/b12-5+,20-18-. The molecular formula is C19H28N2O3S. The molecule has 0 bridgehead atoms. The first kappa shape index (κ1) is 19.8. The van der Waals surface area contributed by atoms with Crippen LogP contribution in [-0.4, -0.2) is 62.4 Å². The van der Waals surface area contributed by atoms with Gasteiger partial charge in [0.15, 0.2) is 0 Å². The minimum absolute atomic E-state index is 0.254. The lowest BCUT2D eigenvalue weighted by atomic mass is 9.90. The van der Waals surface area contributed by atoms with E-state index in [-0.39, 0.29) is 5.54 Å². The molecule has 1 aliphatic rings. The van der Waals surface area contributed by atoms with Gasteiger partial charge in [0, 0.05) is 23.5 Å². The van der Waals surface area contributed by atoms with Gasteiger partial charge in [0.25, 0.3) is 0 Å². The quantitative estimate of drug-likeness (QED) is 0.233. The van der Waals surface area contributed by atoms with E-state index in [4.69, 9.17) is 14.3 Å². The molecular weight excluding hydrogens is 336 g/mol. The summed E-state index contributed by atoms with van der Waals surface area (Å²) in [6.45, 7) is 8.03. The molecule has 0 amide bonds. The van der Waals surface area contributed by atoms with Gasteiger partial charge in [-0.1, -0.05) is 17.3 Å². The fraction of sp³-hybridized carbons (Fsp3) is 0.526. The number of ether oxygens (including phenoxy) is 2. The molecule has 1 aromatic carbocycles. The van der Waals surface area contributed by atoms with Gasteiger partial charge in [-0.2, -0.15) is 0 Å². The largest absolute Gasteiger partial charge is 0.505 e. The molecule has 0 N–H and O–H groups in total. The van der Waals surface area contributed by atoms with Crippen LogP contribution in [0.1, 0.15) is 19.4 Å². The summed E-state index contributed by atoms with van der Waals surface area (Å²) < 4.78 is 10.4. The number of benzene rings is 1. The van der Waals surface area contributed by atoms with E-state index in [2.05, 4.69) is 54.4 Å². The zero-order valence-electron chi connectivity index (χ0n) is 15.5. The maximum absolute atomic E-state index is 5.54. The van der Waals surface area contributed by atoms with E-state index in [1.807, 2.05) is 0 Å². The molecule has 1 aromatic rings. The Hall–Kier alpha value is -1.50. The van der Waals surface area contributed by atoms with Gasteiger partial charge in [-0.3, -0.25) is 4.90 Å². The van der Waals surface area contributed by atoms with Crippen LogP contribution in [0.15, 0.2) is 46.7 Å². The molecule has 25 heavy (non-hydrogen) atoms. The zero-order chi connectivity index (χ0) is 18.1. The topological polar surface area (TPSA) is 43.3 Å². The lowest BCUT2D eigenvalue weighted by Gasteiger charge is -2.41. The van der Waals surface area contributed by atoms with Crippen molar-refractivity contribution in [2.75, 3.05) is 46.3 Å². The molecule has 1 saturated heterocycles. The van der Waals surface area contributed by atoms with Gasteiger partial charge in [0.05, 0.1) is 32.1 Å². The number of methoxy groups -OCH3 is 1. The molecule has 1 fully saturated rings. The minimum Gasteiger partial charge on any atom is -0.505 e. The van der Waals surface area contributed by atoms with Gasteiger partial charge >= 0.3 is 0 Å². The summed E-state index contributed by atoms with van der Waals surface area (Å²) in [6, 6.07) is 8.47. The van der Waals surface area contributed by atoms with Crippen LogP contribution in [-0.2, 0) is 14.3 Å². The van der Waals surface area contributed by atoms with Crippen molar-refractivity contribution in [2.45, 2.75) is 24.3 Å². The van der Waals surface area contributed by atoms with Gasteiger partial charge in [-0.15, -0.1) is 11.8 Å². The average molecular weight is 365 g/mol. The molecule has 5 nitrogen and oxygen atoms in total. The first-order valence-corrected chi connectivity index (χ1v) is 9.67. The molecule has 1 heterocycles. The Bertz CT molecular complexity index is 579. The van der Waals surface area contributed by atoms with Crippen LogP contribution < -0.4 is 0 Å². The van der Waals surface area contributed by atoms with Crippen molar-refractivity contribution in [1.82, 2.24) is 4.90 Å². The lowest BCUT2D eigenvalue weighted by Crippen LogP contribution is -2.54. The highest BCUT2D eigenvalue weighted by Crippen LogP contribution is 2.24. The molecule has 0 aliphatic carbocycles. The van der Waals surface area contributed by atoms with Crippen LogP contribution in [0, 0.1) is 0 Å². The molecule has 6 heteroatoms. The van der Waals surface area contributed by atoms with Gasteiger partial charge in [-0.25, -0.2) is 0 Å². The number of oxime groups is 1. The van der Waals surface area contributed by atoms with Crippen LogP contribution in [0.4, 0.5) is 0 Å². The Morgan fingerprint density at radius 1 is 1.28 bits per heavy atom. The first-order chi connectivity index (χ1) is 12.1. The summed E-state index contributed by atoms with van der Waals surface area (Å²) >= 11 is 1.73. The maximum atomic E-state index is 5.54. The second-order valence-electron chi connectivity index (χ2n) is 6.23. The van der Waals surface area contributed by atoms with Gasteiger partial charge in [-0.05, 0) is 38.3 Å². The van der Waals surface area contributed by atoms with E-state index in [0.717, 1.165) is 37.6 Å². The summed E-state index contributed by atoms with van der Waals surface area (Å²) in [6.07, 6.45) is 5.46. The van der Waals surface area contributed by atoms with Crippen LogP contribution in [0.5, 0.6) is 0 Å². The normalized spacial score (nSPS) is 17.0. The van der Waals surface area contributed by atoms with E-state index >= 15 is 0 Å². The van der Waals surface area contributed by atoms with Crippen molar-refractivity contribution in [1.29, 1.82) is 0 Å². The molecule has 0 spiro atoms. The SMILES string of the molecule is CO/C=C/CO/N=C(/c1ccc(SC)cc1)C(C)(C)N1CCOCC1. The Morgan fingerprint density at radius 3 is 2.56 bits per heavy atom. The van der Waals surface area contributed by atoms with Crippen molar-refractivity contribution >= 4 is 17.5 Å².